The summed E-state index contributed by atoms with van der Waals surface area (Å²) in [5.41, 5.74) is 3.73. The number of pyridine rings is 1. The highest BCUT2D eigenvalue weighted by atomic mass is 16.5. The number of aliphatic hydroxyl groups excluding tert-OH is 1. The lowest BCUT2D eigenvalue weighted by Gasteiger charge is -2.51. The summed E-state index contributed by atoms with van der Waals surface area (Å²) in [6.07, 6.45) is 4.88. The molecule has 202 valence electrons. The first-order chi connectivity index (χ1) is 19.6. The van der Waals surface area contributed by atoms with Gasteiger partial charge in [-0.3, -0.25) is 4.98 Å². The summed E-state index contributed by atoms with van der Waals surface area (Å²) in [6.45, 7) is 5.64. The van der Waals surface area contributed by atoms with E-state index in [9.17, 15) is 5.11 Å². The average Bonchev–Trinajstić information content (AvgIpc) is 3.69. The lowest BCUT2D eigenvalue weighted by Crippen LogP contribution is -2.62. The van der Waals surface area contributed by atoms with Crippen molar-refractivity contribution in [3.8, 4) is 5.75 Å². The molecular formula is C36H37N2O2+. The largest absolute Gasteiger partial charge is 0.497 e. The van der Waals surface area contributed by atoms with Gasteiger partial charge < -0.3 is 14.3 Å². The molecule has 40 heavy (non-hydrogen) atoms. The first-order valence-electron chi connectivity index (χ1n) is 14.9. The smallest absolute Gasteiger partial charge is 0.131 e. The van der Waals surface area contributed by atoms with E-state index in [0.29, 0.717) is 5.41 Å². The van der Waals surface area contributed by atoms with Crippen LogP contribution in [0.1, 0.15) is 43.4 Å². The maximum Gasteiger partial charge on any atom is 0.131 e. The van der Waals surface area contributed by atoms with Crippen LogP contribution in [0.4, 0.5) is 0 Å². The Bertz CT molecular complexity index is 1730. The van der Waals surface area contributed by atoms with Crippen molar-refractivity contribution in [2.75, 3.05) is 20.2 Å². The Balaban J connectivity index is 1.30. The summed E-state index contributed by atoms with van der Waals surface area (Å²) < 4.78 is 6.54. The molecule has 1 N–H and O–H groups in total. The Labute approximate surface area is 235 Å². The zero-order valence-electron chi connectivity index (χ0n) is 23.4. The van der Waals surface area contributed by atoms with E-state index in [0.717, 1.165) is 58.0 Å². The van der Waals surface area contributed by atoms with E-state index in [1.165, 1.54) is 46.5 Å². The normalized spacial score (nSPS) is 29.5. The Morgan fingerprint density at radius 2 is 1.70 bits per heavy atom. The molecule has 3 fully saturated rings. The predicted molar refractivity (Wildman–Crippen MR) is 161 cm³/mol. The van der Waals surface area contributed by atoms with Crippen LogP contribution >= 0.6 is 0 Å². The SMILES string of the molecule is CCC12CC(C(O)c3ccnc4ccc(OC)cc34)[N+]3(Cc4c5ccccc5cc5ccccc45)CCC1C2C3. The molecule has 6 atom stereocenters. The predicted octanol–water partition coefficient (Wildman–Crippen LogP) is 7.42. The molecule has 0 amide bonds. The molecule has 2 bridgehead atoms. The monoisotopic (exact) mass is 529 g/mol. The van der Waals surface area contributed by atoms with E-state index in [1.54, 1.807) is 7.11 Å². The summed E-state index contributed by atoms with van der Waals surface area (Å²) in [7, 11) is 1.70. The van der Waals surface area contributed by atoms with Crippen LogP contribution < -0.4 is 4.74 Å². The third kappa shape index (κ3) is 3.36. The molecule has 1 aromatic heterocycles. The number of piperidine rings is 2. The molecule has 0 spiro atoms. The van der Waals surface area contributed by atoms with Crippen LogP contribution in [0.15, 0.2) is 85.1 Å². The number of rotatable bonds is 6. The molecule has 4 aromatic carbocycles. The van der Waals surface area contributed by atoms with Crippen molar-refractivity contribution in [3.63, 3.8) is 0 Å². The molecule has 1 aliphatic carbocycles. The van der Waals surface area contributed by atoms with Crippen LogP contribution in [0.3, 0.4) is 0 Å². The number of benzene rings is 4. The topological polar surface area (TPSA) is 42.4 Å². The van der Waals surface area contributed by atoms with Gasteiger partial charge in [0.2, 0.25) is 0 Å². The highest BCUT2D eigenvalue weighted by molar-refractivity contribution is 6.02. The van der Waals surface area contributed by atoms with Gasteiger partial charge in [-0.1, -0.05) is 55.5 Å². The van der Waals surface area contributed by atoms with E-state index in [1.807, 2.05) is 24.4 Å². The van der Waals surface area contributed by atoms with Gasteiger partial charge in [-0.25, -0.2) is 0 Å². The molecule has 6 unspecified atom stereocenters. The highest BCUT2D eigenvalue weighted by Gasteiger charge is 2.74. The molecular weight excluding hydrogens is 492 g/mol. The summed E-state index contributed by atoms with van der Waals surface area (Å²) in [4.78, 5) is 4.63. The third-order valence-electron chi connectivity index (χ3n) is 11.3. The van der Waals surface area contributed by atoms with Crippen molar-refractivity contribution in [1.82, 2.24) is 4.98 Å². The third-order valence-corrected chi connectivity index (χ3v) is 11.3. The summed E-state index contributed by atoms with van der Waals surface area (Å²) in [6, 6.07) is 28.3. The van der Waals surface area contributed by atoms with Gasteiger partial charge in [0, 0.05) is 35.9 Å². The van der Waals surface area contributed by atoms with E-state index in [-0.39, 0.29) is 6.04 Å². The zero-order chi connectivity index (χ0) is 27.1. The standard InChI is InChI=1S/C36H37N2O2/c1-3-36-20-34(35(39)28-14-16-37-33-13-12-25(40-2)19-29(28)33)38(17-15-31(36)32(36)22-38)21-30-26-10-6-4-8-23(26)18-24-9-5-7-11-27(24)30/h4-14,16,18-19,31-32,34-35,39H,3,15,17,20-22H2,1-2H3/q+1. The molecule has 4 heteroatoms. The Hall–Kier alpha value is -3.47. The Morgan fingerprint density at radius 3 is 2.42 bits per heavy atom. The van der Waals surface area contributed by atoms with Crippen LogP contribution in [0.2, 0.25) is 0 Å². The number of ether oxygens (including phenoxy) is 1. The molecule has 5 aromatic rings. The first kappa shape index (κ1) is 24.3. The number of aliphatic hydroxyl groups is 1. The van der Waals surface area contributed by atoms with E-state index < -0.39 is 6.10 Å². The molecule has 1 saturated carbocycles. The van der Waals surface area contributed by atoms with E-state index in [2.05, 4.69) is 72.6 Å². The van der Waals surface area contributed by atoms with E-state index >= 15 is 0 Å². The second-order valence-electron chi connectivity index (χ2n) is 12.7. The highest BCUT2D eigenvalue weighted by Crippen LogP contribution is 2.72. The first-order valence-corrected chi connectivity index (χ1v) is 14.9. The van der Waals surface area contributed by atoms with Gasteiger partial charge in [-0.15, -0.1) is 0 Å². The van der Waals surface area contributed by atoms with Crippen LogP contribution in [0.5, 0.6) is 5.75 Å². The number of methoxy groups -OCH3 is 1. The number of hydrogen-bond acceptors (Lipinski definition) is 3. The summed E-state index contributed by atoms with van der Waals surface area (Å²) >= 11 is 0. The maximum atomic E-state index is 12.5. The molecule has 3 heterocycles. The molecule has 8 rings (SSSR count). The minimum Gasteiger partial charge on any atom is -0.497 e. The Kier molecular flexibility index (Phi) is 5.33. The quantitative estimate of drug-likeness (QED) is 0.184. The van der Waals surface area contributed by atoms with Gasteiger partial charge in [0.25, 0.3) is 0 Å². The maximum absolute atomic E-state index is 12.5. The molecule has 4 nitrogen and oxygen atoms in total. The van der Waals surface area contributed by atoms with Gasteiger partial charge in [0.1, 0.15) is 24.4 Å². The van der Waals surface area contributed by atoms with Gasteiger partial charge in [0.15, 0.2) is 0 Å². The van der Waals surface area contributed by atoms with Gasteiger partial charge >= 0.3 is 0 Å². The fraction of sp³-hybridized carbons (Fsp3) is 0.361. The fourth-order valence-electron chi connectivity index (χ4n) is 9.21. The number of fused-ring (bicyclic) bond motifs is 5. The fourth-order valence-corrected chi connectivity index (χ4v) is 9.21. The van der Waals surface area contributed by atoms with Gasteiger partial charge in [0.05, 0.1) is 25.7 Å². The lowest BCUT2D eigenvalue weighted by atomic mass is 9.80. The Morgan fingerprint density at radius 1 is 0.950 bits per heavy atom. The molecule has 0 radical (unpaired) electrons. The van der Waals surface area contributed by atoms with Crippen molar-refractivity contribution in [3.05, 3.63) is 96.2 Å². The van der Waals surface area contributed by atoms with Crippen molar-refractivity contribution < 1.29 is 14.3 Å². The second-order valence-corrected chi connectivity index (χ2v) is 12.7. The van der Waals surface area contributed by atoms with Crippen LogP contribution in [-0.2, 0) is 6.54 Å². The molecule has 2 saturated heterocycles. The number of nitrogens with zero attached hydrogens (tertiary/aromatic N) is 2. The number of aromatic nitrogens is 1. The second kappa shape index (κ2) is 8.76. The van der Waals surface area contributed by atoms with Crippen molar-refractivity contribution >= 4 is 32.4 Å². The van der Waals surface area contributed by atoms with Crippen molar-refractivity contribution in [2.45, 2.75) is 44.9 Å². The molecule has 3 aliphatic rings. The van der Waals surface area contributed by atoms with Crippen LogP contribution in [-0.4, -0.2) is 40.8 Å². The van der Waals surface area contributed by atoms with Crippen molar-refractivity contribution in [2.24, 2.45) is 17.3 Å². The summed E-state index contributed by atoms with van der Waals surface area (Å²) in [5, 5.41) is 18.8. The summed E-state index contributed by atoms with van der Waals surface area (Å²) in [5.74, 6) is 2.40. The van der Waals surface area contributed by atoms with Crippen molar-refractivity contribution in [1.29, 1.82) is 0 Å². The van der Waals surface area contributed by atoms with Gasteiger partial charge in [-0.2, -0.15) is 0 Å². The zero-order valence-corrected chi connectivity index (χ0v) is 23.4. The lowest BCUT2D eigenvalue weighted by molar-refractivity contribution is -0.976. The van der Waals surface area contributed by atoms with Crippen LogP contribution in [0, 0.1) is 17.3 Å². The minimum absolute atomic E-state index is 0.137. The van der Waals surface area contributed by atoms with Crippen LogP contribution in [0.25, 0.3) is 32.4 Å². The van der Waals surface area contributed by atoms with Gasteiger partial charge in [-0.05, 0) is 75.2 Å². The minimum atomic E-state index is -0.567. The average molecular weight is 530 g/mol. The van der Waals surface area contributed by atoms with E-state index in [4.69, 9.17) is 4.74 Å². The molecule has 2 aliphatic heterocycles. The number of hydrogen-bond donors (Lipinski definition) is 1. The number of quaternary nitrogens is 1.